The van der Waals surface area contributed by atoms with Crippen molar-refractivity contribution in [3.05, 3.63) is 82.5 Å². The summed E-state index contributed by atoms with van der Waals surface area (Å²) in [7, 11) is 4.74. The summed E-state index contributed by atoms with van der Waals surface area (Å²) in [6, 6.07) is 14.0. The van der Waals surface area contributed by atoms with E-state index in [0.29, 0.717) is 35.0 Å². The number of aryl methyl sites for hydroxylation is 1. The summed E-state index contributed by atoms with van der Waals surface area (Å²) < 4.78 is 11.0. The second-order valence-corrected chi connectivity index (χ2v) is 8.52. The third-order valence-electron chi connectivity index (χ3n) is 6.00. The van der Waals surface area contributed by atoms with Crippen LogP contribution in [0.4, 0.5) is 10.6 Å². The molecule has 9 nitrogen and oxygen atoms in total. The molecule has 0 aliphatic carbocycles. The number of fused-ring (bicyclic) bond motifs is 1. The Morgan fingerprint density at radius 3 is 2.36 bits per heavy atom. The molecule has 3 amide bonds. The van der Waals surface area contributed by atoms with Gasteiger partial charge in [0.25, 0.3) is 5.91 Å². The number of hydrazone groups is 1. The van der Waals surface area contributed by atoms with Gasteiger partial charge in [-0.1, -0.05) is 12.1 Å². The number of pyridine rings is 1. The Morgan fingerprint density at radius 1 is 1.03 bits per heavy atom. The van der Waals surface area contributed by atoms with Crippen LogP contribution in [0.3, 0.4) is 0 Å². The summed E-state index contributed by atoms with van der Waals surface area (Å²) in [4.78, 5) is 29.6. The van der Waals surface area contributed by atoms with Crippen molar-refractivity contribution in [3.8, 4) is 11.5 Å². The first-order valence-electron chi connectivity index (χ1n) is 11.5. The average molecular weight is 488 g/mol. The van der Waals surface area contributed by atoms with Gasteiger partial charge in [0.1, 0.15) is 5.82 Å². The molecule has 0 fully saturated rings. The van der Waals surface area contributed by atoms with E-state index in [2.05, 4.69) is 15.6 Å². The van der Waals surface area contributed by atoms with Crippen LogP contribution < -0.4 is 20.1 Å². The van der Waals surface area contributed by atoms with Crippen LogP contribution in [0.2, 0.25) is 0 Å². The second-order valence-electron chi connectivity index (χ2n) is 8.52. The van der Waals surface area contributed by atoms with Crippen molar-refractivity contribution in [2.45, 2.75) is 26.3 Å². The molecule has 2 heterocycles. The number of hydrogen-bond donors (Lipinski definition) is 2. The summed E-state index contributed by atoms with van der Waals surface area (Å²) in [6.45, 7) is 3.87. The van der Waals surface area contributed by atoms with Gasteiger partial charge < -0.3 is 20.1 Å². The number of amides is 3. The molecule has 1 aromatic heterocycles. The zero-order valence-electron chi connectivity index (χ0n) is 21.0. The quantitative estimate of drug-likeness (QED) is 0.566. The number of benzene rings is 2. The molecule has 3 aromatic rings. The Labute approximate surface area is 210 Å². The predicted octanol–water partition coefficient (Wildman–Crippen LogP) is 4.00. The van der Waals surface area contributed by atoms with Crippen LogP contribution in [-0.4, -0.2) is 55.0 Å². The van der Waals surface area contributed by atoms with Crippen LogP contribution in [0, 0.1) is 6.92 Å². The molecular weight excluding hydrogens is 458 g/mol. The first-order valence-corrected chi connectivity index (χ1v) is 11.5. The monoisotopic (exact) mass is 487 g/mol. The predicted molar refractivity (Wildman–Crippen MR) is 138 cm³/mol. The number of nitrogens with zero attached hydrogens (tertiary/aromatic N) is 3. The molecule has 2 N–H and O–H groups in total. The average Bonchev–Trinajstić information content (AvgIpc) is 3.02. The van der Waals surface area contributed by atoms with Crippen LogP contribution in [-0.2, 0) is 6.42 Å². The number of hydrogen-bond acceptors (Lipinski definition) is 6. The fourth-order valence-corrected chi connectivity index (χ4v) is 4.12. The standard InChI is InChI=1S/C27H29N5O4/c1-16-10-11-29-24(12-16)30-26(33)19-8-6-18(7-9-19)25-21-15-23(36-5)22(35-4)14-20(21)13-17(2)32(31-25)27(34)28-3/h6-12,14-15,17H,13H2,1-5H3,(H,28,34)(H,29,30,33). The molecule has 1 aliphatic rings. The molecule has 9 heteroatoms. The maximum absolute atomic E-state index is 12.8. The van der Waals surface area contributed by atoms with Crippen molar-refractivity contribution in [2.75, 3.05) is 26.6 Å². The lowest BCUT2D eigenvalue weighted by Gasteiger charge is -2.22. The lowest BCUT2D eigenvalue weighted by molar-refractivity contribution is 0.102. The van der Waals surface area contributed by atoms with Gasteiger partial charge in [-0.05, 0) is 67.8 Å². The lowest BCUT2D eigenvalue weighted by Crippen LogP contribution is -2.41. The lowest BCUT2D eigenvalue weighted by atomic mass is 9.93. The van der Waals surface area contributed by atoms with E-state index in [1.54, 1.807) is 45.7 Å². The van der Waals surface area contributed by atoms with Gasteiger partial charge in [-0.25, -0.2) is 14.8 Å². The van der Waals surface area contributed by atoms with E-state index in [-0.39, 0.29) is 18.0 Å². The van der Waals surface area contributed by atoms with E-state index in [1.807, 2.05) is 44.2 Å². The number of carbonyl (C=O) groups excluding carboxylic acids is 2. The first-order chi connectivity index (χ1) is 17.3. The highest BCUT2D eigenvalue weighted by molar-refractivity contribution is 6.15. The zero-order chi connectivity index (χ0) is 25.8. The van der Waals surface area contributed by atoms with Crippen LogP contribution >= 0.6 is 0 Å². The van der Waals surface area contributed by atoms with Crippen molar-refractivity contribution >= 4 is 23.5 Å². The third-order valence-corrected chi connectivity index (χ3v) is 6.00. The van der Waals surface area contributed by atoms with Gasteiger partial charge in [0.05, 0.1) is 26.0 Å². The van der Waals surface area contributed by atoms with Gasteiger partial charge in [-0.2, -0.15) is 5.10 Å². The second kappa shape index (κ2) is 10.5. The minimum Gasteiger partial charge on any atom is -0.493 e. The maximum atomic E-state index is 12.8. The zero-order valence-corrected chi connectivity index (χ0v) is 21.0. The number of rotatable bonds is 5. The number of nitrogens with one attached hydrogen (secondary N) is 2. The molecule has 1 unspecified atom stereocenters. The van der Waals surface area contributed by atoms with Gasteiger partial charge in [-0.3, -0.25) is 4.79 Å². The fourth-order valence-electron chi connectivity index (χ4n) is 4.12. The maximum Gasteiger partial charge on any atom is 0.337 e. The highest BCUT2D eigenvalue weighted by Crippen LogP contribution is 2.34. The van der Waals surface area contributed by atoms with Crippen LogP contribution in [0.1, 0.15) is 39.5 Å². The summed E-state index contributed by atoms with van der Waals surface area (Å²) in [5, 5.41) is 11.7. The van der Waals surface area contributed by atoms with E-state index in [9.17, 15) is 9.59 Å². The smallest absolute Gasteiger partial charge is 0.337 e. The first kappa shape index (κ1) is 24.7. The molecular formula is C27H29N5O4. The van der Waals surface area contributed by atoms with Crippen LogP contribution in [0.25, 0.3) is 0 Å². The molecule has 0 saturated heterocycles. The number of carbonyl (C=O) groups is 2. The molecule has 4 rings (SSSR count). The Balaban J connectivity index is 1.74. The van der Waals surface area contributed by atoms with Crippen molar-refractivity contribution in [3.63, 3.8) is 0 Å². The van der Waals surface area contributed by atoms with Crippen molar-refractivity contribution in [1.82, 2.24) is 15.3 Å². The normalized spacial score (nSPS) is 14.8. The van der Waals surface area contributed by atoms with Crippen molar-refractivity contribution in [2.24, 2.45) is 5.10 Å². The number of anilines is 1. The van der Waals surface area contributed by atoms with E-state index in [4.69, 9.17) is 14.6 Å². The minimum atomic E-state index is -0.312. The van der Waals surface area contributed by atoms with Gasteiger partial charge in [0.15, 0.2) is 11.5 Å². The van der Waals surface area contributed by atoms with Gasteiger partial charge in [-0.15, -0.1) is 0 Å². The number of urea groups is 1. The largest absolute Gasteiger partial charge is 0.493 e. The summed E-state index contributed by atoms with van der Waals surface area (Å²) >= 11 is 0. The molecule has 1 aliphatic heterocycles. The van der Waals surface area contributed by atoms with Crippen molar-refractivity contribution < 1.29 is 19.1 Å². The molecule has 0 radical (unpaired) electrons. The molecule has 36 heavy (non-hydrogen) atoms. The minimum absolute atomic E-state index is 0.203. The highest BCUT2D eigenvalue weighted by Gasteiger charge is 2.28. The Morgan fingerprint density at radius 2 is 1.72 bits per heavy atom. The number of ether oxygens (including phenoxy) is 2. The van der Waals surface area contributed by atoms with E-state index in [1.165, 1.54) is 5.01 Å². The molecule has 2 aromatic carbocycles. The molecule has 0 bridgehead atoms. The van der Waals surface area contributed by atoms with Crippen LogP contribution in [0.15, 0.2) is 59.8 Å². The Bertz CT molecular complexity index is 1320. The Hall–Kier alpha value is -4.40. The summed E-state index contributed by atoms with van der Waals surface area (Å²) in [5.74, 6) is 1.39. The highest BCUT2D eigenvalue weighted by atomic mass is 16.5. The van der Waals surface area contributed by atoms with Gasteiger partial charge in [0, 0.05) is 29.9 Å². The molecule has 0 spiro atoms. The summed E-state index contributed by atoms with van der Waals surface area (Å²) in [5.41, 5.74) is 4.61. The summed E-state index contributed by atoms with van der Waals surface area (Å²) in [6.07, 6.45) is 2.22. The van der Waals surface area contributed by atoms with E-state index >= 15 is 0 Å². The van der Waals surface area contributed by atoms with E-state index < -0.39 is 0 Å². The van der Waals surface area contributed by atoms with Crippen LogP contribution in [0.5, 0.6) is 11.5 Å². The van der Waals surface area contributed by atoms with E-state index in [0.717, 1.165) is 22.3 Å². The molecule has 1 atom stereocenters. The third kappa shape index (κ3) is 5.00. The number of methoxy groups -OCH3 is 2. The fraction of sp³-hybridized carbons (Fsp3) is 0.259. The topological polar surface area (TPSA) is 105 Å². The molecule has 0 saturated carbocycles. The van der Waals surface area contributed by atoms with Crippen molar-refractivity contribution in [1.29, 1.82) is 0 Å². The van der Waals surface area contributed by atoms with Gasteiger partial charge >= 0.3 is 6.03 Å². The SMILES string of the molecule is CNC(=O)N1N=C(c2ccc(C(=O)Nc3cc(C)ccn3)cc2)c2cc(OC)c(OC)cc2CC1C. The van der Waals surface area contributed by atoms with Gasteiger partial charge in [0.2, 0.25) is 0 Å². The molecule has 186 valence electrons. The Kier molecular flexibility index (Phi) is 7.19. The number of aromatic nitrogens is 1.